The lowest BCUT2D eigenvalue weighted by Gasteiger charge is -2.22. The highest BCUT2D eigenvalue weighted by molar-refractivity contribution is 7.92. The Kier molecular flexibility index (Phi) is 5.45. The molecule has 0 bridgehead atoms. The van der Waals surface area contributed by atoms with Crippen molar-refractivity contribution in [1.82, 2.24) is 0 Å². The topological polar surface area (TPSA) is 84.9 Å². The summed E-state index contributed by atoms with van der Waals surface area (Å²) in [6.45, 7) is 1.84. The standard InChI is InChI=1S/C19H21ClN2O5S/c1-11-7-13-8-12(5-6-16(13)22(11)28(4,24)25)19(23)21-15-9-14(20)17(26-2)10-18(15)27-3/h5-6,8-11H,7H2,1-4H3,(H,21,23). The largest absolute Gasteiger partial charge is 0.495 e. The van der Waals surface area contributed by atoms with Gasteiger partial charge in [0.1, 0.15) is 11.5 Å². The zero-order valence-electron chi connectivity index (χ0n) is 15.9. The lowest BCUT2D eigenvalue weighted by atomic mass is 10.1. The Bertz CT molecular complexity index is 1040. The fraction of sp³-hybridized carbons (Fsp3) is 0.316. The van der Waals surface area contributed by atoms with Crippen molar-refractivity contribution in [3.8, 4) is 11.5 Å². The Morgan fingerprint density at radius 1 is 1.18 bits per heavy atom. The zero-order valence-corrected chi connectivity index (χ0v) is 17.5. The summed E-state index contributed by atoms with van der Waals surface area (Å²) in [5.41, 5.74) is 2.24. The van der Waals surface area contributed by atoms with Crippen LogP contribution in [-0.2, 0) is 16.4 Å². The van der Waals surface area contributed by atoms with E-state index >= 15 is 0 Å². The lowest BCUT2D eigenvalue weighted by molar-refractivity contribution is 0.102. The van der Waals surface area contributed by atoms with E-state index in [-0.39, 0.29) is 11.9 Å². The van der Waals surface area contributed by atoms with Crippen molar-refractivity contribution in [1.29, 1.82) is 0 Å². The highest BCUT2D eigenvalue weighted by Crippen LogP contribution is 2.37. The Balaban J connectivity index is 1.90. The second-order valence-electron chi connectivity index (χ2n) is 6.60. The molecule has 1 amide bonds. The molecule has 9 heteroatoms. The molecule has 1 aliphatic heterocycles. The van der Waals surface area contributed by atoms with Crippen LogP contribution in [0.2, 0.25) is 5.02 Å². The monoisotopic (exact) mass is 424 g/mol. The van der Waals surface area contributed by atoms with Crippen LogP contribution in [0, 0.1) is 0 Å². The Morgan fingerprint density at radius 3 is 2.46 bits per heavy atom. The van der Waals surface area contributed by atoms with E-state index in [1.54, 1.807) is 30.3 Å². The molecule has 0 aliphatic carbocycles. The first kappa shape index (κ1) is 20.3. The third kappa shape index (κ3) is 3.74. The van der Waals surface area contributed by atoms with Crippen molar-refractivity contribution >= 4 is 38.9 Å². The number of hydrogen-bond donors (Lipinski definition) is 1. The van der Waals surface area contributed by atoms with Gasteiger partial charge in [-0.2, -0.15) is 0 Å². The molecule has 0 radical (unpaired) electrons. The first-order chi connectivity index (χ1) is 13.2. The molecule has 7 nitrogen and oxygen atoms in total. The maximum atomic E-state index is 12.7. The van der Waals surface area contributed by atoms with Crippen LogP contribution in [-0.4, -0.2) is 40.8 Å². The third-order valence-electron chi connectivity index (χ3n) is 4.57. The van der Waals surface area contributed by atoms with Gasteiger partial charge in [-0.1, -0.05) is 11.6 Å². The summed E-state index contributed by atoms with van der Waals surface area (Å²) >= 11 is 6.15. The Labute approximate surface area is 169 Å². The smallest absolute Gasteiger partial charge is 0.255 e. The predicted molar refractivity (Wildman–Crippen MR) is 109 cm³/mol. The van der Waals surface area contributed by atoms with Crippen LogP contribution in [0.4, 0.5) is 11.4 Å². The number of nitrogens with zero attached hydrogens (tertiary/aromatic N) is 1. The lowest BCUT2D eigenvalue weighted by Crippen LogP contribution is -2.34. The predicted octanol–water partition coefficient (Wildman–Crippen LogP) is 3.32. The van der Waals surface area contributed by atoms with Crippen molar-refractivity contribution in [2.75, 3.05) is 30.1 Å². The van der Waals surface area contributed by atoms with Gasteiger partial charge >= 0.3 is 0 Å². The number of fused-ring (bicyclic) bond motifs is 1. The van der Waals surface area contributed by atoms with Gasteiger partial charge in [0.05, 0.1) is 36.9 Å². The molecule has 3 rings (SSSR count). The summed E-state index contributed by atoms with van der Waals surface area (Å²) in [6.07, 6.45) is 1.72. The quantitative estimate of drug-likeness (QED) is 0.795. The van der Waals surface area contributed by atoms with Gasteiger partial charge in [-0.3, -0.25) is 9.10 Å². The van der Waals surface area contributed by atoms with E-state index < -0.39 is 10.0 Å². The van der Waals surface area contributed by atoms with Crippen molar-refractivity contribution in [3.63, 3.8) is 0 Å². The molecule has 1 heterocycles. The summed E-state index contributed by atoms with van der Waals surface area (Å²) in [6, 6.07) is 7.92. The molecule has 0 saturated heterocycles. The van der Waals surface area contributed by atoms with Crippen LogP contribution in [0.3, 0.4) is 0 Å². The van der Waals surface area contributed by atoms with E-state index in [9.17, 15) is 13.2 Å². The molecule has 150 valence electrons. The minimum absolute atomic E-state index is 0.191. The molecular formula is C19H21ClN2O5S. The molecular weight excluding hydrogens is 404 g/mol. The zero-order chi connectivity index (χ0) is 20.6. The van der Waals surface area contributed by atoms with Crippen LogP contribution in [0.15, 0.2) is 30.3 Å². The van der Waals surface area contributed by atoms with Gasteiger partial charge in [0.2, 0.25) is 10.0 Å². The Hall–Kier alpha value is -2.45. The van der Waals surface area contributed by atoms with Crippen molar-refractivity contribution in [3.05, 3.63) is 46.5 Å². The summed E-state index contributed by atoms with van der Waals surface area (Å²) in [5.74, 6) is 0.490. The third-order valence-corrected chi connectivity index (χ3v) is 6.14. The SMILES string of the molecule is COc1cc(OC)c(NC(=O)c2ccc3c(c2)CC(C)N3S(C)(=O)=O)cc1Cl. The van der Waals surface area contributed by atoms with Crippen LogP contribution in [0.5, 0.6) is 11.5 Å². The van der Waals surface area contributed by atoms with Gasteiger partial charge in [-0.15, -0.1) is 0 Å². The number of sulfonamides is 1. The van der Waals surface area contributed by atoms with Gasteiger partial charge in [0, 0.05) is 17.7 Å². The summed E-state index contributed by atoms with van der Waals surface area (Å²) in [7, 11) is -0.406. The molecule has 2 aromatic rings. The molecule has 1 unspecified atom stereocenters. The first-order valence-corrected chi connectivity index (χ1v) is 10.7. The maximum Gasteiger partial charge on any atom is 0.255 e. The summed E-state index contributed by atoms with van der Waals surface area (Å²) in [4.78, 5) is 12.7. The van der Waals surface area contributed by atoms with E-state index in [0.717, 1.165) is 5.56 Å². The molecule has 0 fully saturated rings. The van der Waals surface area contributed by atoms with Crippen LogP contribution >= 0.6 is 11.6 Å². The number of hydrogen-bond acceptors (Lipinski definition) is 5. The molecule has 0 spiro atoms. The fourth-order valence-electron chi connectivity index (χ4n) is 3.40. The fourth-order valence-corrected chi connectivity index (χ4v) is 4.91. The van der Waals surface area contributed by atoms with Gasteiger partial charge in [0.15, 0.2) is 0 Å². The molecule has 1 aliphatic rings. The molecule has 0 saturated carbocycles. The van der Waals surface area contributed by atoms with Gasteiger partial charge in [-0.05, 0) is 43.2 Å². The second-order valence-corrected chi connectivity index (χ2v) is 8.86. The van der Waals surface area contributed by atoms with Gasteiger partial charge in [-0.25, -0.2) is 8.42 Å². The molecule has 28 heavy (non-hydrogen) atoms. The summed E-state index contributed by atoms with van der Waals surface area (Å²) in [5, 5.41) is 3.12. The van der Waals surface area contributed by atoms with Crippen LogP contribution < -0.4 is 19.1 Å². The normalized spacial score (nSPS) is 15.9. The number of anilines is 2. The minimum atomic E-state index is -3.38. The average molecular weight is 425 g/mol. The van der Waals surface area contributed by atoms with Crippen molar-refractivity contribution < 1.29 is 22.7 Å². The number of carbonyl (C=O) groups is 1. The minimum Gasteiger partial charge on any atom is -0.495 e. The highest BCUT2D eigenvalue weighted by atomic mass is 35.5. The van der Waals surface area contributed by atoms with E-state index in [1.807, 2.05) is 6.92 Å². The molecule has 1 atom stereocenters. The number of amides is 1. The number of methoxy groups -OCH3 is 2. The number of ether oxygens (including phenoxy) is 2. The molecule has 1 N–H and O–H groups in total. The molecule has 0 aromatic heterocycles. The van der Waals surface area contributed by atoms with Gasteiger partial charge < -0.3 is 14.8 Å². The van der Waals surface area contributed by atoms with Crippen LogP contribution in [0.1, 0.15) is 22.8 Å². The summed E-state index contributed by atoms with van der Waals surface area (Å²) < 4.78 is 35.9. The van der Waals surface area contributed by atoms with Crippen LogP contribution in [0.25, 0.3) is 0 Å². The maximum absolute atomic E-state index is 12.7. The number of rotatable bonds is 5. The second kappa shape index (κ2) is 7.52. The molecule has 2 aromatic carbocycles. The number of benzene rings is 2. The number of carbonyl (C=O) groups excluding carboxylic acids is 1. The number of halogens is 1. The first-order valence-electron chi connectivity index (χ1n) is 8.51. The van der Waals surface area contributed by atoms with E-state index in [1.165, 1.54) is 24.8 Å². The average Bonchev–Trinajstić information content (AvgIpc) is 2.96. The van der Waals surface area contributed by atoms with Crippen molar-refractivity contribution in [2.24, 2.45) is 0 Å². The highest BCUT2D eigenvalue weighted by Gasteiger charge is 2.32. The van der Waals surface area contributed by atoms with E-state index in [2.05, 4.69) is 5.32 Å². The van der Waals surface area contributed by atoms with E-state index in [4.69, 9.17) is 21.1 Å². The number of nitrogens with one attached hydrogen (secondary N) is 1. The van der Waals surface area contributed by atoms with Crippen molar-refractivity contribution in [2.45, 2.75) is 19.4 Å². The Morgan fingerprint density at radius 2 is 1.86 bits per heavy atom. The van der Waals surface area contributed by atoms with E-state index in [0.29, 0.717) is 39.9 Å². The van der Waals surface area contributed by atoms with Gasteiger partial charge in [0.25, 0.3) is 5.91 Å².